The van der Waals surface area contributed by atoms with Crippen molar-refractivity contribution in [1.82, 2.24) is 9.61 Å². The van der Waals surface area contributed by atoms with Crippen LogP contribution in [0.4, 0.5) is 14.9 Å². The van der Waals surface area contributed by atoms with Crippen molar-refractivity contribution in [3.8, 4) is 11.3 Å². The van der Waals surface area contributed by atoms with E-state index < -0.39 is 23.5 Å². The Hall–Kier alpha value is -3.42. The molecule has 140 valence electrons. The maximum absolute atomic E-state index is 14.7. The molecule has 2 N–H and O–H groups in total. The number of carboxylic acids is 1. The van der Waals surface area contributed by atoms with Gasteiger partial charge in [0.1, 0.15) is 22.4 Å². The summed E-state index contributed by atoms with van der Waals surface area (Å²) in [6, 6.07) is 9.65. The van der Waals surface area contributed by atoms with Crippen molar-refractivity contribution in [2.24, 2.45) is 0 Å². The third-order valence-corrected chi connectivity index (χ3v) is 3.59. The SMILES string of the molecule is CC(C)(C)OC(=O)Nc1cc(F)c2c(C(=O)O)c(-c3ccccc3)nn2c1. The van der Waals surface area contributed by atoms with Crippen molar-refractivity contribution in [3.05, 3.63) is 54.0 Å². The summed E-state index contributed by atoms with van der Waals surface area (Å²) in [6.45, 7) is 5.11. The summed E-state index contributed by atoms with van der Waals surface area (Å²) in [7, 11) is 0. The molecule has 0 radical (unpaired) electrons. The molecule has 3 rings (SSSR count). The molecule has 0 saturated carbocycles. The van der Waals surface area contributed by atoms with Crippen molar-refractivity contribution < 1.29 is 23.8 Å². The van der Waals surface area contributed by atoms with Crippen molar-refractivity contribution in [2.45, 2.75) is 26.4 Å². The van der Waals surface area contributed by atoms with Gasteiger partial charge in [-0.2, -0.15) is 5.10 Å². The van der Waals surface area contributed by atoms with Crippen molar-refractivity contribution in [1.29, 1.82) is 0 Å². The zero-order valence-electron chi connectivity index (χ0n) is 15.0. The number of carboxylic acid groups (broad SMARTS) is 1. The summed E-state index contributed by atoms with van der Waals surface area (Å²) >= 11 is 0. The average molecular weight is 371 g/mol. The summed E-state index contributed by atoms with van der Waals surface area (Å²) < 4.78 is 20.9. The molecule has 8 heteroatoms. The summed E-state index contributed by atoms with van der Waals surface area (Å²) in [5, 5.41) is 16.2. The number of nitrogens with one attached hydrogen (secondary N) is 1. The smallest absolute Gasteiger partial charge is 0.412 e. The zero-order chi connectivity index (χ0) is 19.8. The highest BCUT2D eigenvalue weighted by Crippen LogP contribution is 2.29. The normalized spacial score (nSPS) is 11.4. The minimum atomic E-state index is -1.30. The van der Waals surface area contributed by atoms with E-state index >= 15 is 0 Å². The number of aromatic carboxylic acids is 1. The molecular weight excluding hydrogens is 353 g/mol. The molecule has 1 amide bonds. The van der Waals surface area contributed by atoms with Gasteiger partial charge in [-0.25, -0.2) is 18.5 Å². The molecule has 0 aliphatic rings. The molecule has 0 saturated heterocycles. The minimum Gasteiger partial charge on any atom is -0.478 e. The van der Waals surface area contributed by atoms with E-state index in [1.165, 1.54) is 6.20 Å². The van der Waals surface area contributed by atoms with E-state index in [1.807, 2.05) is 0 Å². The van der Waals surface area contributed by atoms with Gasteiger partial charge in [-0.15, -0.1) is 0 Å². The van der Waals surface area contributed by atoms with Crippen LogP contribution in [0.5, 0.6) is 0 Å². The van der Waals surface area contributed by atoms with Crippen LogP contribution in [-0.4, -0.2) is 32.4 Å². The standard InChI is InChI=1S/C19H18FN3O4/c1-19(2,3)27-18(26)21-12-9-13(20)16-14(17(24)25)15(22-23(16)10-12)11-7-5-4-6-8-11/h4-10H,1-3H3,(H,21,26)(H,24,25). The molecule has 2 heterocycles. The van der Waals surface area contributed by atoms with Crippen LogP contribution >= 0.6 is 0 Å². The average Bonchev–Trinajstić information content (AvgIpc) is 2.94. The lowest BCUT2D eigenvalue weighted by molar-refractivity contribution is 0.0634. The van der Waals surface area contributed by atoms with Gasteiger partial charge < -0.3 is 9.84 Å². The number of hydrogen-bond acceptors (Lipinski definition) is 4. The molecule has 27 heavy (non-hydrogen) atoms. The van der Waals surface area contributed by atoms with Crippen LogP contribution in [0, 0.1) is 5.82 Å². The summed E-state index contributed by atoms with van der Waals surface area (Å²) in [6.07, 6.45) is 0.580. The molecule has 0 aliphatic heterocycles. The van der Waals surface area contributed by atoms with E-state index in [9.17, 15) is 19.1 Å². The largest absolute Gasteiger partial charge is 0.478 e. The topological polar surface area (TPSA) is 92.9 Å². The second-order valence-corrected chi connectivity index (χ2v) is 6.89. The molecule has 3 aromatic rings. The molecule has 7 nitrogen and oxygen atoms in total. The number of amides is 1. The van der Waals surface area contributed by atoms with Gasteiger partial charge in [0.15, 0.2) is 5.82 Å². The highest BCUT2D eigenvalue weighted by molar-refractivity contribution is 6.02. The van der Waals surface area contributed by atoms with Crippen molar-refractivity contribution in [3.63, 3.8) is 0 Å². The Morgan fingerprint density at radius 3 is 2.48 bits per heavy atom. The van der Waals surface area contributed by atoms with Gasteiger partial charge in [-0.3, -0.25) is 5.32 Å². The summed E-state index contributed by atoms with van der Waals surface area (Å²) in [5.41, 5.74) is -0.377. The quantitative estimate of drug-likeness (QED) is 0.720. The Morgan fingerprint density at radius 1 is 1.22 bits per heavy atom. The number of carbonyl (C=O) groups is 2. The zero-order valence-corrected chi connectivity index (χ0v) is 15.0. The molecule has 0 spiro atoms. The maximum atomic E-state index is 14.7. The predicted octanol–water partition coefficient (Wildman–Crippen LogP) is 4.19. The third-order valence-electron chi connectivity index (χ3n) is 3.59. The van der Waals surface area contributed by atoms with E-state index in [2.05, 4.69) is 10.4 Å². The van der Waals surface area contributed by atoms with Gasteiger partial charge in [0.25, 0.3) is 0 Å². The number of aromatic nitrogens is 2. The second kappa shape index (κ2) is 6.71. The Labute approximate surface area is 154 Å². The second-order valence-electron chi connectivity index (χ2n) is 6.89. The highest BCUT2D eigenvalue weighted by atomic mass is 19.1. The van der Waals surface area contributed by atoms with E-state index in [1.54, 1.807) is 51.1 Å². The van der Waals surface area contributed by atoms with Crippen molar-refractivity contribution >= 4 is 23.3 Å². The fraction of sp³-hybridized carbons (Fsp3) is 0.211. The summed E-state index contributed by atoms with van der Waals surface area (Å²) in [5.74, 6) is -2.12. The van der Waals surface area contributed by atoms with Crippen LogP contribution in [0.3, 0.4) is 0 Å². The van der Waals surface area contributed by atoms with Crippen molar-refractivity contribution in [2.75, 3.05) is 5.32 Å². The lowest BCUT2D eigenvalue weighted by Crippen LogP contribution is -2.27. The molecule has 0 bridgehead atoms. The van der Waals surface area contributed by atoms with Gasteiger partial charge in [0, 0.05) is 11.6 Å². The fourth-order valence-corrected chi connectivity index (χ4v) is 2.62. The van der Waals surface area contributed by atoms with Crippen LogP contribution < -0.4 is 5.32 Å². The van der Waals surface area contributed by atoms with Crippen LogP contribution in [0.25, 0.3) is 16.8 Å². The third kappa shape index (κ3) is 3.89. The number of halogens is 1. The first-order valence-electron chi connectivity index (χ1n) is 8.16. The monoisotopic (exact) mass is 371 g/mol. The number of rotatable bonds is 3. The Bertz CT molecular complexity index is 1020. The van der Waals surface area contributed by atoms with Crippen LogP contribution in [0.15, 0.2) is 42.6 Å². The van der Waals surface area contributed by atoms with Crippen LogP contribution in [0.1, 0.15) is 31.1 Å². The molecule has 0 fully saturated rings. The number of fused-ring (bicyclic) bond motifs is 1. The highest BCUT2D eigenvalue weighted by Gasteiger charge is 2.24. The van der Waals surface area contributed by atoms with Gasteiger partial charge in [-0.05, 0) is 20.8 Å². The number of hydrogen-bond donors (Lipinski definition) is 2. The number of benzene rings is 1. The Morgan fingerprint density at radius 2 is 1.89 bits per heavy atom. The van der Waals surface area contributed by atoms with E-state index in [4.69, 9.17) is 4.74 Å². The Kier molecular flexibility index (Phi) is 4.57. The van der Waals surface area contributed by atoms with Gasteiger partial charge in [0.05, 0.1) is 11.9 Å². The number of ether oxygens (including phenoxy) is 1. The number of nitrogens with zero attached hydrogens (tertiary/aromatic N) is 2. The first-order valence-corrected chi connectivity index (χ1v) is 8.16. The molecule has 0 unspecified atom stereocenters. The number of pyridine rings is 1. The lowest BCUT2D eigenvalue weighted by atomic mass is 10.1. The number of anilines is 1. The first kappa shape index (κ1) is 18.4. The molecule has 2 aromatic heterocycles. The molecular formula is C19H18FN3O4. The van der Waals surface area contributed by atoms with Crippen LogP contribution in [-0.2, 0) is 4.74 Å². The minimum absolute atomic E-state index is 0.0910. The fourth-order valence-electron chi connectivity index (χ4n) is 2.62. The van der Waals surface area contributed by atoms with E-state index in [0.29, 0.717) is 5.56 Å². The predicted molar refractivity (Wildman–Crippen MR) is 97.4 cm³/mol. The van der Waals surface area contributed by atoms with Gasteiger partial charge >= 0.3 is 12.1 Å². The van der Waals surface area contributed by atoms with Gasteiger partial charge in [0.2, 0.25) is 0 Å². The van der Waals surface area contributed by atoms with Crippen LogP contribution in [0.2, 0.25) is 0 Å². The molecule has 0 atom stereocenters. The molecule has 1 aromatic carbocycles. The van der Waals surface area contributed by atoms with E-state index in [-0.39, 0.29) is 22.5 Å². The molecule has 0 aliphatic carbocycles. The summed E-state index contributed by atoms with van der Waals surface area (Å²) in [4.78, 5) is 23.6. The van der Waals surface area contributed by atoms with E-state index in [0.717, 1.165) is 10.6 Å². The Balaban J connectivity index is 2.08. The lowest BCUT2D eigenvalue weighted by Gasteiger charge is -2.19. The maximum Gasteiger partial charge on any atom is 0.412 e. The van der Waals surface area contributed by atoms with Gasteiger partial charge in [-0.1, -0.05) is 30.3 Å². The number of carbonyl (C=O) groups excluding carboxylic acids is 1. The first-order chi connectivity index (χ1) is 12.7.